The van der Waals surface area contributed by atoms with Gasteiger partial charge in [-0.2, -0.15) is 0 Å². The summed E-state index contributed by atoms with van der Waals surface area (Å²) >= 11 is 0. The molecule has 54 heavy (non-hydrogen) atoms. The molecule has 7 nitrogen and oxygen atoms in total. The van der Waals surface area contributed by atoms with Crippen molar-refractivity contribution in [2.24, 2.45) is 0 Å². The molecule has 0 atom stereocenters. The average Bonchev–Trinajstić information content (AvgIpc) is 3.78. The van der Waals surface area contributed by atoms with Crippen molar-refractivity contribution in [3.63, 3.8) is 0 Å². The fourth-order valence-corrected chi connectivity index (χ4v) is 8.93. The van der Waals surface area contributed by atoms with Crippen LogP contribution in [0.4, 0.5) is 4.79 Å². The number of allylic oxidation sites excluding steroid dienone is 5. The van der Waals surface area contributed by atoms with Gasteiger partial charge in [0.15, 0.2) is 0 Å². The minimum absolute atomic E-state index is 0.0684. The second-order valence-electron chi connectivity index (χ2n) is 15.8. The molecule has 2 aliphatic rings. The summed E-state index contributed by atoms with van der Waals surface area (Å²) in [5, 5.41) is 9.35. The molecule has 0 N–H and O–H groups in total. The number of barbiturate groups is 1. The van der Waals surface area contributed by atoms with E-state index in [2.05, 4.69) is 134 Å². The van der Waals surface area contributed by atoms with Gasteiger partial charge in [0.2, 0.25) is 0 Å². The highest BCUT2D eigenvalue weighted by Crippen LogP contribution is 2.41. The van der Waals surface area contributed by atoms with Crippen molar-refractivity contribution in [3.8, 4) is 0 Å². The van der Waals surface area contributed by atoms with Gasteiger partial charge in [-0.1, -0.05) is 72.8 Å². The zero-order valence-electron chi connectivity index (χ0n) is 32.5. The van der Waals surface area contributed by atoms with E-state index in [0.29, 0.717) is 18.4 Å². The van der Waals surface area contributed by atoms with E-state index in [4.69, 9.17) is 0 Å². The average molecular weight is 717 g/mol. The van der Waals surface area contributed by atoms with Crippen LogP contribution < -0.4 is 10.7 Å². The number of urea groups is 1. The van der Waals surface area contributed by atoms with Crippen molar-refractivity contribution in [3.05, 3.63) is 118 Å². The molecule has 0 radical (unpaired) electrons. The molecular weight excluding hydrogens is 669 g/mol. The standard InChI is InChI=1S/C47H48N4O3/c1-27(2)48-37(35-17-9-13-31-15-11-19-39(48)42(31)35)25-23-33-21-22-34(41(33)44-45(52)50(29(5)6)47(54)51(30(7)8)46(44)53)24-26-38-36-18-10-14-32-16-12-20-40(43(32)36)49(38)28(3)4/h9-20,23-30H,21-22H2,1-8H3/b33-23+,34-24+,37-25+,38-26+. The van der Waals surface area contributed by atoms with E-state index in [-0.39, 0.29) is 17.7 Å². The molecule has 0 unspecified atom stereocenters. The van der Waals surface area contributed by atoms with Crippen molar-refractivity contribution < 1.29 is 14.4 Å². The van der Waals surface area contributed by atoms with Crippen molar-refractivity contribution in [1.29, 1.82) is 0 Å². The van der Waals surface area contributed by atoms with Gasteiger partial charge in [0.25, 0.3) is 11.8 Å². The quantitative estimate of drug-likeness (QED) is 0.128. The number of hydrogen-bond donors (Lipinski definition) is 0. The fourth-order valence-electron chi connectivity index (χ4n) is 8.93. The lowest BCUT2D eigenvalue weighted by Gasteiger charge is -2.38. The number of rotatable bonds is 6. The molecule has 2 fully saturated rings. The molecular formula is C47H48N4O3. The van der Waals surface area contributed by atoms with Crippen LogP contribution in [0.15, 0.2) is 107 Å². The zero-order valence-corrected chi connectivity index (χ0v) is 32.5. The Balaban J connectivity index is 1.41. The van der Waals surface area contributed by atoms with Gasteiger partial charge in [-0.3, -0.25) is 19.4 Å². The maximum atomic E-state index is 14.5. The molecule has 4 amide bonds. The molecule has 1 saturated carbocycles. The van der Waals surface area contributed by atoms with E-state index in [1.807, 2.05) is 27.7 Å². The number of benzene rings is 4. The SMILES string of the molecule is CC(C)N1C(=O)C(=C2/C(=C/C=c3\c4cccc5cccc(c54)n3C(C)C)CC/C2=C\C=c2/c3cccc4cccc(c43)n2C(C)C)C(=O)N(C(C)C)C1=O. The van der Waals surface area contributed by atoms with Crippen LogP contribution in [-0.2, 0) is 9.59 Å². The number of carbonyl (C=O) groups excluding carboxylic acids is 3. The predicted octanol–water partition coefficient (Wildman–Crippen LogP) is 9.31. The number of amides is 4. The van der Waals surface area contributed by atoms with Crippen molar-refractivity contribution in [2.75, 3.05) is 0 Å². The van der Waals surface area contributed by atoms with Gasteiger partial charge in [-0.05, 0) is 120 Å². The third-order valence-electron chi connectivity index (χ3n) is 11.1. The summed E-state index contributed by atoms with van der Waals surface area (Å²) in [4.78, 5) is 45.1. The van der Waals surface area contributed by atoms with E-state index >= 15 is 0 Å². The predicted molar refractivity (Wildman–Crippen MR) is 221 cm³/mol. The highest BCUT2D eigenvalue weighted by Gasteiger charge is 2.46. The smallest absolute Gasteiger partial charge is 0.334 e. The number of nitrogens with zero attached hydrogens (tertiary/aromatic N) is 4. The van der Waals surface area contributed by atoms with E-state index in [0.717, 1.165) is 32.6 Å². The minimum atomic E-state index is -0.563. The Morgan fingerprint density at radius 1 is 0.481 bits per heavy atom. The maximum Gasteiger partial charge on any atom is 0.334 e. The summed E-state index contributed by atoms with van der Waals surface area (Å²) in [7, 11) is 0. The van der Waals surface area contributed by atoms with Crippen LogP contribution in [0.1, 0.15) is 80.3 Å². The van der Waals surface area contributed by atoms with E-state index in [1.165, 1.54) is 42.4 Å². The summed E-state index contributed by atoms with van der Waals surface area (Å²) in [6.45, 7) is 16.1. The van der Waals surface area contributed by atoms with Gasteiger partial charge in [-0.25, -0.2) is 4.79 Å². The van der Waals surface area contributed by atoms with Gasteiger partial charge in [0, 0.05) is 67.4 Å². The first-order valence-corrected chi connectivity index (χ1v) is 19.3. The monoisotopic (exact) mass is 716 g/mol. The number of aromatic nitrogens is 2. The van der Waals surface area contributed by atoms with E-state index in [9.17, 15) is 14.4 Å². The molecule has 0 spiro atoms. The second-order valence-corrected chi connectivity index (χ2v) is 15.8. The molecule has 1 aliphatic carbocycles. The Morgan fingerprint density at radius 3 is 1.24 bits per heavy atom. The summed E-state index contributed by atoms with van der Waals surface area (Å²) < 4.78 is 4.74. The summed E-state index contributed by atoms with van der Waals surface area (Å²) in [5.74, 6) is -1.07. The first-order valence-electron chi connectivity index (χ1n) is 19.3. The van der Waals surface area contributed by atoms with Crippen LogP contribution in [0, 0.1) is 0 Å². The molecule has 0 bridgehead atoms. The molecule has 4 aromatic carbocycles. The lowest BCUT2D eigenvalue weighted by Crippen LogP contribution is -2.60. The van der Waals surface area contributed by atoms with Crippen LogP contribution in [0.5, 0.6) is 0 Å². The molecule has 8 rings (SSSR count). The molecule has 6 aromatic rings. The van der Waals surface area contributed by atoms with Gasteiger partial charge < -0.3 is 9.13 Å². The van der Waals surface area contributed by atoms with Crippen molar-refractivity contribution in [2.45, 2.75) is 92.4 Å². The Bertz CT molecular complexity index is 2550. The number of imide groups is 2. The van der Waals surface area contributed by atoms with Crippen molar-refractivity contribution >= 4 is 73.3 Å². The van der Waals surface area contributed by atoms with Crippen LogP contribution in [0.25, 0.3) is 55.5 Å². The van der Waals surface area contributed by atoms with Crippen LogP contribution in [0.2, 0.25) is 0 Å². The third-order valence-corrected chi connectivity index (χ3v) is 11.1. The Hall–Kier alpha value is -5.69. The van der Waals surface area contributed by atoms with Crippen molar-refractivity contribution in [1.82, 2.24) is 18.9 Å². The molecule has 1 aliphatic heterocycles. The second kappa shape index (κ2) is 13.3. The summed E-state index contributed by atoms with van der Waals surface area (Å²) in [5.41, 5.74) is 4.89. The molecule has 3 heterocycles. The third kappa shape index (κ3) is 5.35. The Morgan fingerprint density at radius 2 is 0.870 bits per heavy atom. The lowest BCUT2D eigenvalue weighted by atomic mass is 9.94. The normalized spacial score (nSPS) is 18.4. The summed E-state index contributed by atoms with van der Waals surface area (Å²) in [6.07, 6.45) is 9.83. The number of carbonyl (C=O) groups is 3. The van der Waals surface area contributed by atoms with Gasteiger partial charge in [0.05, 0.1) is 0 Å². The van der Waals surface area contributed by atoms with Crippen LogP contribution in [0.3, 0.4) is 0 Å². The highest BCUT2D eigenvalue weighted by atomic mass is 16.2. The Labute approximate surface area is 316 Å². The lowest BCUT2D eigenvalue weighted by molar-refractivity contribution is -0.137. The topological polar surface area (TPSA) is 67.6 Å². The van der Waals surface area contributed by atoms with Crippen LogP contribution in [-0.4, -0.2) is 48.9 Å². The fraction of sp³-hybridized carbons (Fsp3) is 0.298. The summed E-state index contributed by atoms with van der Waals surface area (Å²) in [6, 6.07) is 24.7. The molecule has 1 saturated heterocycles. The largest absolute Gasteiger partial charge is 0.338 e. The van der Waals surface area contributed by atoms with E-state index in [1.54, 1.807) is 0 Å². The molecule has 7 heteroatoms. The minimum Gasteiger partial charge on any atom is -0.338 e. The van der Waals surface area contributed by atoms with Gasteiger partial charge in [0.1, 0.15) is 5.57 Å². The Kier molecular flexibility index (Phi) is 8.71. The first kappa shape index (κ1) is 35.3. The number of hydrogen-bond acceptors (Lipinski definition) is 3. The van der Waals surface area contributed by atoms with Gasteiger partial charge in [-0.15, -0.1) is 0 Å². The van der Waals surface area contributed by atoms with Crippen LogP contribution >= 0.6 is 0 Å². The first-order chi connectivity index (χ1) is 25.9. The van der Waals surface area contributed by atoms with Gasteiger partial charge >= 0.3 is 6.03 Å². The molecule has 2 aromatic heterocycles. The zero-order chi connectivity index (χ0) is 38.2. The highest BCUT2D eigenvalue weighted by molar-refractivity contribution is 6.30. The van der Waals surface area contributed by atoms with E-state index < -0.39 is 29.9 Å². The molecule has 274 valence electrons. The maximum absolute atomic E-state index is 14.5.